The summed E-state index contributed by atoms with van der Waals surface area (Å²) in [5, 5.41) is 16.3. The molecule has 2 rings (SSSR count). The molecule has 1 aromatic heterocycles. The van der Waals surface area contributed by atoms with Crippen LogP contribution in [-0.4, -0.2) is 46.7 Å². The van der Waals surface area contributed by atoms with Gasteiger partial charge in [0.05, 0.1) is 17.5 Å². The average molecular weight is 301 g/mol. The predicted molar refractivity (Wildman–Crippen MR) is 75.9 cm³/mol. The second-order valence-electron chi connectivity index (χ2n) is 5.61. The summed E-state index contributed by atoms with van der Waals surface area (Å²) in [4.78, 5) is 0.287. The monoisotopic (exact) mass is 301 g/mol. The number of nitrogens with zero attached hydrogens (tertiary/aromatic N) is 2. The molecule has 1 saturated heterocycles. The molecule has 0 aromatic carbocycles. The van der Waals surface area contributed by atoms with Crippen LogP contribution in [0.1, 0.15) is 44.0 Å². The third-order valence-electron chi connectivity index (χ3n) is 3.81. The first kappa shape index (κ1) is 15.5. The van der Waals surface area contributed by atoms with Crippen LogP contribution in [0, 0.1) is 13.8 Å². The lowest BCUT2D eigenvalue weighted by Crippen LogP contribution is -2.45. The quantitative estimate of drug-likeness (QED) is 0.878. The number of sulfonamides is 1. The van der Waals surface area contributed by atoms with E-state index in [0.717, 1.165) is 19.3 Å². The van der Waals surface area contributed by atoms with Gasteiger partial charge in [0.2, 0.25) is 10.0 Å². The van der Waals surface area contributed by atoms with Crippen molar-refractivity contribution in [2.24, 2.45) is 0 Å². The zero-order valence-corrected chi connectivity index (χ0v) is 13.1. The molecule has 1 fully saturated rings. The molecule has 0 spiro atoms. The highest BCUT2D eigenvalue weighted by atomic mass is 32.2. The number of rotatable bonds is 4. The van der Waals surface area contributed by atoms with Crippen molar-refractivity contribution in [3.05, 3.63) is 11.4 Å². The standard InChI is InChI=1S/C13H23N3O3S/c1-9(17)8-12-6-4-5-7-16(12)20(18,19)13-10(2)14-15-11(13)3/h9,12,17H,4-8H2,1-3H3,(H,14,15). The highest BCUT2D eigenvalue weighted by molar-refractivity contribution is 7.89. The normalized spacial score (nSPS) is 22.9. The van der Waals surface area contributed by atoms with Gasteiger partial charge < -0.3 is 5.11 Å². The van der Waals surface area contributed by atoms with Crippen LogP contribution < -0.4 is 0 Å². The van der Waals surface area contributed by atoms with Gasteiger partial charge in [0.15, 0.2) is 0 Å². The maximum absolute atomic E-state index is 12.9. The zero-order valence-electron chi connectivity index (χ0n) is 12.3. The van der Waals surface area contributed by atoms with Gasteiger partial charge in [-0.1, -0.05) is 6.42 Å². The SMILES string of the molecule is Cc1n[nH]c(C)c1S(=O)(=O)N1CCCCC1CC(C)O. The molecular weight excluding hydrogens is 278 g/mol. The Morgan fingerprint density at radius 1 is 1.45 bits per heavy atom. The molecule has 0 aliphatic carbocycles. The fourth-order valence-corrected chi connectivity index (χ4v) is 5.00. The molecule has 2 heterocycles. The van der Waals surface area contributed by atoms with Crippen molar-refractivity contribution in [2.75, 3.05) is 6.54 Å². The number of aliphatic hydroxyl groups excluding tert-OH is 1. The number of aromatic amines is 1. The molecule has 20 heavy (non-hydrogen) atoms. The molecule has 6 nitrogen and oxygen atoms in total. The maximum atomic E-state index is 12.9. The van der Waals surface area contributed by atoms with E-state index in [4.69, 9.17) is 0 Å². The fourth-order valence-electron chi connectivity index (χ4n) is 2.96. The van der Waals surface area contributed by atoms with Crippen LogP contribution in [0.3, 0.4) is 0 Å². The van der Waals surface area contributed by atoms with E-state index in [0.29, 0.717) is 24.4 Å². The summed E-state index contributed by atoms with van der Waals surface area (Å²) in [6, 6.07) is -0.123. The van der Waals surface area contributed by atoms with E-state index in [9.17, 15) is 13.5 Å². The van der Waals surface area contributed by atoms with E-state index in [1.54, 1.807) is 25.1 Å². The van der Waals surface area contributed by atoms with E-state index in [2.05, 4.69) is 10.2 Å². The molecule has 1 aromatic rings. The second-order valence-corrected chi connectivity index (χ2v) is 7.44. The molecule has 2 atom stereocenters. The Kier molecular flexibility index (Phi) is 4.51. The van der Waals surface area contributed by atoms with Crippen LogP contribution in [0.4, 0.5) is 0 Å². The van der Waals surface area contributed by atoms with Crippen molar-refractivity contribution in [1.29, 1.82) is 0 Å². The van der Waals surface area contributed by atoms with E-state index in [-0.39, 0.29) is 10.9 Å². The molecular formula is C13H23N3O3S. The number of piperidine rings is 1. The first-order chi connectivity index (χ1) is 9.34. The van der Waals surface area contributed by atoms with Crippen molar-refractivity contribution in [3.63, 3.8) is 0 Å². The Hall–Kier alpha value is -0.920. The third-order valence-corrected chi connectivity index (χ3v) is 6.03. The van der Waals surface area contributed by atoms with Gasteiger partial charge in [-0.2, -0.15) is 9.40 Å². The molecule has 7 heteroatoms. The molecule has 1 aliphatic rings. The van der Waals surface area contributed by atoms with Crippen LogP contribution in [0.25, 0.3) is 0 Å². The first-order valence-corrected chi connectivity index (χ1v) is 8.49. The predicted octanol–water partition coefficient (Wildman–Crippen LogP) is 1.34. The number of hydrogen-bond donors (Lipinski definition) is 2. The number of aryl methyl sites for hydroxylation is 2. The molecule has 1 aliphatic heterocycles. The van der Waals surface area contributed by atoms with Gasteiger partial charge in [0.1, 0.15) is 4.90 Å². The van der Waals surface area contributed by atoms with E-state index < -0.39 is 16.1 Å². The fraction of sp³-hybridized carbons (Fsp3) is 0.769. The summed E-state index contributed by atoms with van der Waals surface area (Å²) in [5.41, 5.74) is 1.08. The molecule has 0 radical (unpaired) electrons. The number of aliphatic hydroxyl groups is 1. The number of H-pyrrole nitrogens is 1. The summed E-state index contributed by atoms with van der Waals surface area (Å²) in [6.07, 6.45) is 2.66. The number of hydrogen-bond acceptors (Lipinski definition) is 4. The zero-order chi connectivity index (χ0) is 14.9. The van der Waals surface area contributed by atoms with Gasteiger partial charge >= 0.3 is 0 Å². The van der Waals surface area contributed by atoms with Gasteiger partial charge in [0.25, 0.3) is 0 Å². The minimum Gasteiger partial charge on any atom is -0.393 e. The summed E-state index contributed by atoms with van der Waals surface area (Å²) in [5.74, 6) is 0. The van der Waals surface area contributed by atoms with Crippen molar-refractivity contribution in [3.8, 4) is 0 Å². The van der Waals surface area contributed by atoms with Crippen molar-refractivity contribution < 1.29 is 13.5 Å². The Balaban J connectivity index is 2.36. The summed E-state index contributed by atoms with van der Waals surface area (Å²) < 4.78 is 27.3. The van der Waals surface area contributed by atoms with Crippen LogP contribution in [0.5, 0.6) is 0 Å². The average Bonchev–Trinajstić information content (AvgIpc) is 2.69. The van der Waals surface area contributed by atoms with E-state index >= 15 is 0 Å². The molecule has 0 saturated carbocycles. The van der Waals surface area contributed by atoms with Crippen LogP contribution in [0.2, 0.25) is 0 Å². The topological polar surface area (TPSA) is 86.3 Å². The molecule has 2 unspecified atom stereocenters. The van der Waals surface area contributed by atoms with Crippen LogP contribution in [0.15, 0.2) is 4.90 Å². The Labute approximate surface area is 120 Å². The molecule has 2 N–H and O–H groups in total. The van der Waals surface area contributed by atoms with Gasteiger partial charge in [0, 0.05) is 12.6 Å². The Bertz CT molecular complexity index is 546. The van der Waals surface area contributed by atoms with Crippen molar-refractivity contribution in [2.45, 2.75) is 63.5 Å². The lowest BCUT2D eigenvalue weighted by molar-refractivity contribution is 0.131. The van der Waals surface area contributed by atoms with Gasteiger partial charge in [-0.05, 0) is 40.0 Å². The minimum absolute atomic E-state index is 0.123. The van der Waals surface area contributed by atoms with Gasteiger partial charge in [-0.3, -0.25) is 5.10 Å². The summed E-state index contributed by atoms with van der Waals surface area (Å²) in [6.45, 7) is 5.64. The highest BCUT2D eigenvalue weighted by Crippen LogP contribution is 2.29. The van der Waals surface area contributed by atoms with Crippen LogP contribution >= 0.6 is 0 Å². The number of nitrogens with one attached hydrogen (secondary N) is 1. The Morgan fingerprint density at radius 3 is 2.70 bits per heavy atom. The van der Waals surface area contributed by atoms with E-state index in [1.165, 1.54) is 0 Å². The molecule has 0 amide bonds. The largest absolute Gasteiger partial charge is 0.393 e. The third kappa shape index (κ3) is 2.89. The van der Waals surface area contributed by atoms with Gasteiger partial charge in [-0.25, -0.2) is 8.42 Å². The summed E-state index contributed by atoms with van der Waals surface area (Å²) >= 11 is 0. The van der Waals surface area contributed by atoms with Gasteiger partial charge in [-0.15, -0.1) is 0 Å². The lowest BCUT2D eigenvalue weighted by Gasteiger charge is -2.35. The minimum atomic E-state index is -3.55. The number of aromatic nitrogens is 2. The highest BCUT2D eigenvalue weighted by Gasteiger charge is 2.36. The lowest BCUT2D eigenvalue weighted by atomic mass is 10.00. The molecule has 0 bridgehead atoms. The second kappa shape index (κ2) is 5.83. The van der Waals surface area contributed by atoms with Crippen molar-refractivity contribution >= 4 is 10.0 Å². The van der Waals surface area contributed by atoms with Crippen molar-refractivity contribution in [1.82, 2.24) is 14.5 Å². The molecule has 114 valence electrons. The Morgan fingerprint density at radius 2 is 2.15 bits per heavy atom. The smallest absolute Gasteiger partial charge is 0.246 e. The van der Waals surface area contributed by atoms with Crippen LogP contribution in [-0.2, 0) is 10.0 Å². The van der Waals surface area contributed by atoms with E-state index in [1.807, 2.05) is 0 Å². The summed E-state index contributed by atoms with van der Waals surface area (Å²) in [7, 11) is -3.55. The first-order valence-electron chi connectivity index (χ1n) is 7.05. The maximum Gasteiger partial charge on any atom is 0.246 e.